The Balaban J connectivity index is 1.38. The smallest absolute Gasteiger partial charge is 0.326 e. The fourth-order valence-corrected chi connectivity index (χ4v) is 5.54. The Morgan fingerprint density at radius 1 is 1.16 bits per heavy atom. The molecule has 2 aliphatic heterocycles. The van der Waals surface area contributed by atoms with E-state index < -0.39 is 0 Å². The summed E-state index contributed by atoms with van der Waals surface area (Å²) in [5.41, 5.74) is 2.12. The number of anilines is 1. The average Bonchev–Trinajstić information content (AvgIpc) is 2.98. The lowest BCUT2D eigenvalue weighted by Crippen LogP contribution is -2.44. The van der Waals surface area contributed by atoms with Crippen LogP contribution in [0.3, 0.4) is 0 Å². The van der Waals surface area contributed by atoms with Gasteiger partial charge in [-0.1, -0.05) is 6.92 Å². The monoisotopic (exact) mass is 443 g/mol. The number of hydrogen-bond donors (Lipinski definition) is 0. The van der Waals surface area contributed by atoms with Gasteiger partial charge in [-0.2, -0.15) is 0 Å². The first-order valence-corrected chi connectivity index (χ1v) is 12.2. The van der Waals surface area contributed by atoms with E-state index in [4.69, 9.17) is 14.7 Å². The van der Waals surface area contributed by atoms with Crippen molar-refractivity contribution in [3.8, 4) is 0 Å². The fourth-order valence-electron chi connectivity index (χ4n) is 5.54. The maximum absolute atomic E-state index is 13.4. The predicted molar refractivity (Wildman–Crippen MR) is 123 cm³/mol. The summed E-state index contributed by atoms with van der Waals surface area (Å²) in [7, 11) is 1.44. The van der Waals surface area contributed by atoms with Crippen LogP contribution in [0.4, 0.5) is 10.6 Å². The van der Waals surface area contributed by atoms with Gasteiger partial charge in [-0.25, -0.2) is 9.78 Å². The molecule has 0 bridgehead atoms. The van der Waals surface area contributed by atoms with Gasteiger partial charge in [-0.05, 0) is 51.5 Å². The number of fused-ring (bicyclic) bond motifs is 1. The summed E-state index contributed by atoms with van der Waals surface area (Å²) in [6.07, 6.45) is 9.10. The Kier molecular flexibility index (Phi) is 7.28. The molecule has 2 amide bonds. The SMILES string of the molecule is CCN1CCc2ncc(N3CC(C)N(C4CCC(CCC(=O)OC)CC4)C3=O)nc2CC1. The number of likely N-dealkylation sites (N-methyl/N-ethyl adjacent to an activating group) is 1. The number of ether oxygens (including phenoxy) is 1. The Morgan fingerprint density at radius 3 is 2.56 bits per heavy atom. The van der Waals surface area contributed by atoms with Crippen molar-refractivity contribution in [2.24, 2.45) is 5.92 Å². The Morgan fingerprint density at radius 2 is 1.88 bits per heavy atom. The van der Waals surface area contributed by atoms with E-state index in [9.17, 15) is 9.59 Å². The molecule has 8 heteroatoms. The predicted octanol–water partition coefficient (Wildman–Crippen LogP) is 3.04. The van der Waals surface area contributed by atoms with E-state index in [0.717, 1.165) is 76.0 Å². The van der Waals surface area contributed by atoms with Crippen LogP contribution in [0.1, 0.15) is 63.8 Å². The zero-order valence-electron chi connectivity index (χ0n) is 19.8. The van der Waals surface area contributed by atoms with Crippen LogP contribution in [0.25, 0.3) is 0 Å². The molecule has 1 aliphatic carbocycles. The van der Waals surface area contributed by atoms with Gasteiger partial charge in [-0.3, -0.25) is 14.7 Å². The van der Waals surface area contributed by atoms with Crippen LogP contribution in [0.15, 0.2) is 6.20 Å². The summed E-state index contributed by atoms with van der Waals surface area (Å²) in [5.74, 6) is 1.11. The number of nitrogens with zero attached hydrogens (tertiary/aromatic N) is 5. The molecule has 3 heterocycles. The maximum atomic E-state index is 13.4. The molecule has 3 aliphatic rings. The van der Waals surface area contributed by atoms with E-state index in [1.807, 2.05) is 4.90 Å². The summed E-state index contributed by atoms with van der Waals surface area (Å²) >= 11 is 0. The van der Waals surface area contributed by atoms with Crippen LogP contribution < -0.4 is 4.90 Å². The van der Waals surface area contributed by atoms with Crippen molar-refractivity contribution in [2.75, 3.05) is 38.2 Å². The fraction of sp³-hybridized carbons (Fsp3) is 0.750. The number of hydrogen-bond acceptors (Lipinski definition) is 6. The first-order chi connectivity index (χ1) is 15.5. The molecule has 1 saturated carbocycles. The number of aromatic nitrogens is 2. The molecule has 0 radical (unpaired) electrons. The second kappa shape index (κ2) is 10.1. The minimum atomic E-state index is -0.129. The number of carbonyl (C=O) groups excluding carboxylic acids is 2. The normalized spacial score (nSPS) is 26.7. The van der Waals surface area contributed by atoms with Gasteiger partial charge in [0.15, 0.2) is 5.82 Å². The van der Waals surface area contributed by atoms with E-state index in [1.54, 1.807) is 6.20 Å². The van der Waals surface area contributed by atoms with Gasteiger partial charge >= 0.3 is 12.0 Å². The van der Waals surface area contributed by atoms with Crippen LogP contribution in [0, 0.1) is 5.92 Å². The maximum Gasteiger partial charge on any atom is 0.326 e. The van der Waals surface area contributed by atoms with E-state index in [0.29, 0.717) is 24.7 Å². The minimum absolute atomic E-state index is 0.0635. The van der Waals surface area contributed by atoms with Crippen LogP contribution in [-0.4, -0.2) is 77.1 Å². The zero-order chi connectivity index (χ0) is 22.7. The highest BCUT2D eigenvalue weighted by Gasteiger charge is 2.41. The van der Waals surface area contributed by atoms with E-state index >= 15 is 0 Å². The number of methoxy groups -OCH3 is 1. The third-order valence-corrected chi connectivity index (χ3v) is 7.54. The van der Waals surface area contributed by atoms with E-state index in [2.05, 4.69) is 23.6 Å². The summed E-state index contributed by atoms with van der Waals surface area (Å²) < 4.78 is 4.77. The third-order valence-electron chi connectivity index (χ3n) is 7.54. The van der Waals surface area contributed by atoms with Crippen LogP contribution in [0.2, 0.25) is 0 Å². The summed E-state index contributed by atoms with van der Waals surface area (Å²) in [4.78, 5) is 40.7. The molecule has 176 valence electrons. The largest absolute Gasteiger partial charge is 0.469 e. The number of rotatable bonds is 6. The van der Waals surface area contributed by atoms with Gasteiger partial charge in [0.25, 0.3) is 0 Å². The molecule has 1 aromatic heterocycles. The molecule has 32 heavy (non-hydrogen) atoms. The van der Waals surface area contributed by atoms with Crippen molar-refractivity contribution in [2.45, 2.75) is 77.3 Å². The number of esters is 1. The topological polar surface area (TPSA) is 78.9 Å². The third kappa shape index (κ3) is 4.90. The lowest BCUT2D eigenvalue weighted by Gasteiger charge is -2.36. The zero-order valence-corrected chi connectivity index (χ0v) is 19.8. The molecular weight excluding hydrogens is 406 g/mol. The van der Waals surface area contributed by atoms with Crippen molar-refractivity contribution in [1.29, 1.82) is 0 Å². The molecule has 0 spiro atoms. The number of amides is 2. The summed E-state index contributed by atoms with van der Waals surface area (Å²) in [6.45, 7) is 8.05. The van der Waals surface area contributed by atoms with Crippen molar-refractivity contribution in [3.63, 3.8) is 0 Å². The van der Waals surface area contributed by atoms with Gasteiger partial charge < -0.3 is 14.5 Å². The summed E-state index contributed by atoms with van der Waals surface area (Å²) in [6, 6.07) is 0.493. The van der Waals surface area contributed by atoms with E-state index in [1.165, 1.54) is 7.11 Å². The molecular formula is C24H37N5O3. The Hall–Kier alpha value is -2.22. The number of carbonyl (C=O) groups is 2. The molecule has 1 aromatic rings. The summed E-state index contributed by atoms with van der Waals surface area (Å²) in [5, 5.41) is 0. The van der Waals surface area contributed by atoms with Crippen LogP contribution in [-0.2, 0) is 22.4 Å². The second-order valence-corrected chi connectivity index (χ2v) is 9.49. The van der Waals surface area contributed by atoms with E-state index in [-0.39, 0.29) is 24.1 Å². The van der Waals surface area contributed by atoms with Crippen LogP contribution >= 0.6 is 0 Å². The first-order valence-electron chi connectivity index (χ1n) is 12.2. The van der Waals surface area contributed by atoms with Gasteiger partial charge in [0.2, 0.25) is 0 Å². The van der Waals surface area contributed by atoms with Gasteiger partial charge in [-0.15, -0.1) is 0 Å². The number of urea groups is 1. The molecule has 0 N–H and O–H groups in total. The highest BCUT2D eigenvalue weighted by atomic mass is 16.5. The highest BCUT2D eigenvalue weighted by molar-refractivity contribution is 5.93. The molecule has 8 nitrogen and oxygen atoms in total. The molecule has 2 fully saturated rings. The lowest BCUT2D eigenvalue weighted by molar-refractivity contribution is -0.141. The molecule has 1 saturated heterocycles. The Bertz CT molecular complexity index is 824. The van der Waals surface area contributed by atoms with Crippen molar-refractivity contribution in [3.05, 3.63) is 17.6 Å². The van der Waals surface area contributed by atoms with Crippen molar-refractivity contribution in [1.82, 2.24) is 19.8 Å². The molecule has 4 rings (SSSR count). The average molecular weight is 444 g/mol. The molecule has 1 unspecified atom stereocenters. The lowest BCUT2D eigenvalue weighted by atomic mass is 9.82. The standard InChI is InChI=1S/C24H37N5O3/c1-4-27-13-11-20-21(12-14-27)26-22(15-25-20)28-16-17(2)29(24(28)31)19-8-5-18(6-9-19)7-10-23(30)32-3/h15,17-19H,4-14,16H2,1-3H3. The second-order valence-electron chi connectivity index (χ2n) is 9.49. The molecule has 0 aromatic carbocycles. The highest BCUT2D eigenvalue weighted by Crippen LogP contribution is 2.34. The Labute approximate surface area is 191 Å². The first kappa shape index (κ1) is 23.0. The van der Waals surface area contributed by atoms with Gasteiger partial charge in [0.1, 0.15) is 0 Å². The minimum Gasteiger partial charge on any atom is -0.469 e. The quantitative estimate of drug-likeness (QED) is 0.629. The molecule has 1 atom stereocenters. The van der Waals surface area contributed by atoms with Crippen molar-refractivity contribution >= 4 is 17.8 Å². The van der Waals surface area contributed by atoms with Gasteiger partial charge in [0, 0.05) is 51.0 Å². The van der Waals surface area contributed by atoms with Crippen LogP contribution in [0.5, 0.6) is 0 Å². The van der Waals surface area contributed by atoms with Crippen molar-refractivity contribution < 1.29 is 14.3 Å². The van der Waals surface area contributed by atoms with Gasteiger partial charge in [0.05, 0.1) is 24.7 Å².